The lowest BCUT2D eigenvalue weighted by Crippen LogP contribution is -2.17. The van der Waals surface area contributed by atoms with E-state index in [2.05, 4.69) is 10.5 Å². The third-order valence-electron chi connectivity index (χ3n) is 2.91. The van der Waals surface area contributed by atoms with Crippen LogP contribution in [-0.4, -0.2) is 26.3 Å². The summed E-state index contributed by atoms with van der Waals surface area (Å²) >= 11 is 5.78. The fourth-order valence-electron chi connectivity index (χ4n) is 1.77. The van der Waals surface area contributed by atoms with E-state index in [4.69, 9.17) is 21.1 Å². The summed E-state index contributed by atoms with van der Waals surface area (Å²) in [5.41, 5.74) is 3.61. The Balaban J connectivity index is 2.08. The number of nitrogens with zero attached hydrogens (tertiary/aromatic N) is 1. The molecule has 0 fully saturated rings. The zero-order valence-corrected chi connectivity index (χ0v) is 12.9. The summed E-state index contributed by atoms with van der Waals surface area (Å²) in [6.45, 7) is 0. The molecule has 5 nitrogen and oxygen atoms in total. The molecule has 114 valence electrons. The highest BCUT2D eigenvalue weighted by Gasteiger charge is 2.05. The second-order valence-corrected chi connectivity index (χ2v) is 4.75. The number of benzene rings is 2. The number of ether oxygens (including phenoxy) is 2. The molecule has 22 heavy (non-hydrogen) atoms. The minimum Gasteiger partial charge on any atom is -0.497 e. The molecule has 2 aromatic rings. The highest BCUT2D eigenvalue weighted by molar-refractivity contribution is 6.30. The molecular formula is C16H15ClN2O3. The van der Waals surface area contributed by atoms with Gasteiger partial charge in [0.05, 0.1) is 20.4 Å². The van der Waals surface area contributed by atoms with Crippen molar-refractivity contribution in [3.63, 3.8) is 0 Å². The van der Waals surface area contributed by atoms with Crippen LogP contribution in [0, 0.1) is 0 Å². The first-order valence-corrected chi connectivity index (χ1v) is 6.83. The second-order valence-electron chi connectivity index (χ2n) is 4.31. The fourth-order valence-corrected chi connectivity index (χ4v) is 1.89. The minimum atomic E-state index is -0.324. The number of hydrogen-bond donors (Lipinski definition) is 1. The number of hydrogen-bond acceptors (Lipinski definition) is 4. The van der Waals surface area contributed by atoms with Crippen molar-refractivity contribution in [2.45, 2.75) is 0 Å². The first kappa shape index (κ1) is 15.9. The van der Waals surface area contributed by atoms with E-state index in [1.807, 2.05) is 0 Å². The zero-order valence-electron chi connectivity index (χ0n) is 12.2. The molecule has 2 rings (SSSR count). The second kappa shape index (κ2) is 7.47. The van der Waals surface area contributed by atoms with Gasteiger partial charge in [-0.05, 0) is 42.5 Å². The monoisotopic (exact) mass is 318 g/mol. The van der Waals surface area contributed by atoms with Gasteiger partial charge < -0.3 is 9.47 Å². The molecule has 0 saturated carbocycles. The number of carbonyl (C=O) groups excluding carboxylic acids is 1. The van der Waals surface area contributed by atoms with Crippen LogP contribution in [0.4, 0.5) is 0 Å². The van der Waals surface area contributed by atoms with Crippen LogP contribution in [0.1, 0.15) is 15.9 Å². The first-order chi connectivity index (χ1) is 10.6. The molecule has 0 heterocycles. The lowest BCUT2D eigenvalue weighted by molar-refractivity contribution is 0.0955. The van der Waals surface area contributed by atoms with Gasteiger partial charge in [0.25, 0.3) is 5.91 Å². The molecule has 0 spiro atoms. The lowest BCUT2D eigenvalue weighted by atomic mass is 10.2. The van der Waals surface area contributed by atoms with Gasteiger partial charge >= 0.3 is 0 Å². The van der Waals surface area contributed by atoms with Crippen LogP contribution in [0.3, 0.4) is 0 Å². The van der Waals surface area contributed by atoms with E-state index in [1.165, 1.54) is 6.21 Å². The summed E-state index contributed by atoms with van der Waals surface area (Å²) in [7, 11) is 3.14. The molecule has 0 atom stereocenters. The van der Waals surface area contributed by atoms with Gasteiger partial charge in [-0.2, -0.15) is 5.10 Å². The molecule has 6 heteroatoms. The largest absolute Gasteiger partial charge is 0.497 e. The Morgan fingerprint density at radius 2 is 1.86 bits per heavy atom. The van der Waals surface area contributed by atoms with Crippen LogP contribution in [-0.2, 0) is 0 Å². The molecule has 1 N–H and O–H groups in total. The average Bonchev–Trinajstić information content (AvgIpc) is 2.55. The van der Waals surface area contributed by atoms with Crippen molar-refractivity contribution in [2.75, 3.05) is 14.2 Å². The van der Waals surface area contributed by atoms with Crippen molar-refractivity contribution >= 4 is 23.7 Å². The van der Waals surface area contributed by atoms with Crippen LogP contribution in [0.2, 0.25) is 5.02 Å². The van der Waals surface area contributed by atoms with Crippen molar-refractivity contribution in [1.82, 2.24) is 5.43 Å². The molecule has 0 aliphatic carbocycles. The van der Waals surface area contributed by atoms with Crippen LogP contribution >= 0.6 is 11.6 Å². The summed E-state index contributed by atoms with van der Waals surface area (Å²) in [4.78, 5) is 11.9. The molecule has 0 unspecified atom stereocenters. The Hall–Kier alpha value is -2.53. The van der Waals surface area contributed by atoms with E-state index in [9.17, 15) is 4.79 Å². The molecule has 0 bridgehead atoms. The van der Waals surface area contributed by atoms with E-state index >= 15 is 0 Å². The van der Waals surface area contributed by atoms with Gasteiger partial charge in [-0.25, -0.2) is 5.43 Å². The number of amides is 1. The van der Waals surface area contributed by atoms with Gasteiger partial charge in [0.1, 0.15) is 11.5 Å². The van der Waals surface area contributed by atoms with Crippen LogP contribution in [0.25, 0.3) is 0 Å². The van der Waals surface area contributed by atoms with Crippen LogP contribution in [0.5, 0.6) is 11.5 Å². The summed E-state index contributed by atoms with van der Waals surface area (Å²) in [6, 6.07) is 11.8. The summed E-state index contributed by atoms with van der Waals surface area (Å²) in [5, 5.41) is 4.50. The van der Waals surface area contributed by atoms with Crippen molar-refractivity contribution in [1.29, 1.82) is 0 Å². The standard InChI is InChI=1S/C16H15ClN2O3/c1-21-14-7-8-15(22-2)12(9-14)10-18-19-16(20)11-3-5-13(17)6-4-11/h3-10H,1-2H3,(H,19,20)/b18-10-. The summed E-state index contributed by atoms with van der Waals surface area (Å²) < 4.78 is 10.4. The molecular weight excluding hydrogens is 304 g/mol. The molecule has 2 aromatic carbocycles. The summed E-state index contributed by atoms with van der Waals surface area (Å²) in [5.74, 6) is 0.978. The Morgan fingerprint density at radius 1 is 1.14 bits per heavy atom. The maximum Gasteiger partial charge on any atom is 0.271 e. The highest BCUT2D eigenvalue weighted by Crippen LogP contribution is 2.22. The van der Waals surface area contributed by atoms with Gasteiger partial charge in [0.15, 0.2) is 0 Å². The third kappa shape index (κ3) is 3.99. The van der Waals surface area contributed by atoms with Gasteiger partial charge in [0.2, 0.25) is 0 Å². The van der Waals surface area contributed by atoms with Crippen molar-refractivity contribution < 1.29 is 14.3 Å². The number of nitrogens with one attached hydrogen (secondary N) is 1. The topological polar surface area (TPSA) is 59.9 Å². The third-order valence-corrected chi connectivity index (χ3v) is 3.16. The Morgan fingerprint density at radius 3 is 2.50 bits per heavy atom. The fraction of sp³-hybridized carbons (Fsp3) is 0.125. The molecule has 0 saturated heterocycles. The first-order valence-electron chi connectivity index (χ1n) is 6.45. The van der Waals surface area contributed by atoms with E-state index in [0.29, 0.717) is 27.6 Å². The Labute approximate surface area is 133 Å². The van der Waals surface area contributed by atoms with Gasteiger partial charge in [-0.1, -0.05) is 11.6 Å². The number of hydrazone groups is 1. The maximum absolute atomic E-state index is 11.9. The quantitative estimate of drug-likeness (QED) is 0.680. The maximum atomic E-state index is 11.9. The van der Waals surface area contributed by atoms with E-state index < -0.39 is 0 Å². The molecule has 0 aliphatic heterocycles. The van der Waals surface area contributed by atoms with Gasteiger partial charge in [0, 0.05) is 16.1 Å². The Kier molecular flexibility index (Phi) is 5.38. The van der Waals surface area contributed by atoms with E-state index in [0.717, 1.165) is 0 Å². The van der Waals surface area contributed by atoms with E-state index in [-0.39, 0.29) is 5.91 Å². The number of halogens is 1. The summed E-state index contributed by atoms with van der Waals surface area (Å²) in [6.07, 6.45) is 1.50. The Bertz CT molecular complexity index is 684. The van der Waals surface area contributed by atoms with Gasteiger partial charge in [-0.3, -0.25) is 4.79 Å². The number of methoxy groups -OCH3 is 2. The van der Waals surface area contributed by atoms with Crippen molar-refractivity contribution in [2.24, 2.45) is 5.10 Å². The van der Waals surface area contributed by atoms with Crippen molar-refractivity contribution in [3.8, 4) is 11.5 Å². The molecule has 0 aromatic heterocycles. The molecule has 1 amide bonds. The average molecular weight is 319 g/mol. The normalized spacial score (nSPS) is 10.5. The lowest BCUT2D eigenvalue weighted by Gasteiger charge is -2.06. The predicted molar refractivity (Wildman–Crippen MR) is 86.1 cm³/mol. The number of rotatable bonds is 5. The molecule has 0 aliphatic rings. The number of carbonyl (C=O) groups is 1. The SMILES string of the molecule is COc1ccc(OC)c(/C=N\NC(=O)c2ccc(Cl)cc2)c1. The van der Waals surface area contributed by atoms with Crippen LogP contribution in [0.15, 0.2) is 47.6 Å². The van der Waals surface area contributed by atoms with Crippen LogP contribution < -0.4 is 14.9 Å². The van der Waals surface area contributed by atoms with E-state index in [1.54, 1.807) is 56.7 Å². The smallest absolute Gasteiger partial charge is 0.271 e. The highest BCUT2D eigenvalue weighted by atomic mass is 35.5. The van der Waals surface area contributed by atoms with Gasteiger partial charge in [-0.15, -0.1) is 0 Å². The predicted octanol–water partition coefficient (Wildman–Crippen LogP) is 3.12. The zero-order chi connectivity index (χ0) is 15.9. The van der Waals surface area contributed by atoms with Crippen molar-refractivity contribution in [3.05, 3.63) is 58.6 Å². The molecule has 0 radical (unpaired) electrons. The minimum absolute atomic E-state index is 0.324.